The van der Waals surface area contributed by atoms with Crippen LogP contribution in [0.25, 0.3) is 0 Å². The first-order valence-corrected chi connectivity index (χ1v) is 6.83. The van der Waals surface area contributed by atoms with Crippen molar-refractivity contribution in [3.63, 3.8) is 0 Å². The van der Waals surface area contributed by atoms with E-state index in [9.17, 15) is 17.1 Å². The average molecular weight is 272 g/mol. The molecule has 0 bridgehead atoms. The number of rotatable bonds is 2. The molecule has 18 heavy (non-hydrogen) atoms. The molecule has 2 rings (SSSR count). The second-order valence-electron chi connectivity index (χ2n) is 4.35. The fourth-order valence-electron chi connectivity index (χ4n) is 1.91. The quantitative estimate of drug-likeness (QED) is 0.643. The van der Waals surface area contributed by atoms with E-state index < -0.39 is 21.4 Å². The monoisotopic (exact) mass is 272 g/mol. The van der Waals surface area contributed by atoms with Crippen LogP contribution in [0.4, 0.5) is 15.3 Å². The Bertz CT molecular complexity index is 600. The van der Waals surface area contributed by atoms with Crippen LogP contribution in [0.5, 0.6) is 0 Å². The molecule has 7 heteroatoms. The maximum atomic E-state index is 12.9. The van der Waals surface area contributed by atoms with Crippen molar-refractivity contribution in [1.29, 1.82) is 0 Å². The van der Waals surface area contributed by atoms with Gasteiger partial charge in [0.2, 0.25) is 5.91 Å². The van der Waals surface area contributed by atoms with Crippen LogP contribution in [0.3, 0.4) is 0 Å². The number of nitrogens with two attached hydrogens (primary N) is 1. The molecule has 1 saturated heterocycles. The number of halogens is 1. The number of hydrogen-bond acceptors (Lipinski definition) is 4. The molecular weight excluding hydrogens is 259 g/mol. The highest BCUT2D eigenvalue weighted by atomic mass is 32.3. The Morgan fingerprint density at radius 3 is 2.61 bits per heavy atom. The van der Waals surface area contributed by atoms with E-state index in [2.05, 4.69) is 0 Å². The zero-order chi connectivity index (χ0) is 13.5. The Kier molecular flexibility index (Phi) is 3.02. The van der Waals surface area contributed by atoms with Gasteiger partial charge in [-0.2, -0.15) is 8.42 Å². The van der Waals surface area contributed by atoms with Crippen molar-refractivity contribution in [3.8, 4) is 0 Å². The minimum absolute atomic E-state index is 0.167. The first-order chi connectivity index (χ1) is 8.29. The van der Waals surface area contributed by atoms with Crippen LogP contribution in [0.15, 0.2) is 18.2 Å². The number of amides is 1. The van der Waals surface area contributed by atoms with Gasteiger partial charge >= 0.3 is 10.2 Å². The number of benzene rings is 1. The van der Waals surface area contributed by atoms with Gasteiger partial charge in [0, 0.05) is 24.3 Å². The van der Waals surface area contributed by atoms with E-state index >= 15 is 0 Å². The van der Waals surface area contributed by atoms with Gasteiger partial charge in [0.05, 0.1) is 0 Å². The fraction of sp³-hybridized carbons (Fsp3) is 0.364. The third-order valence-electron chi connectivity index (χ3n) is 3.06. The minimum Gasteiger partial charge on any atom is -0.398 e. The van der Waals surface area contributed by atoms with E-state index in [0.29, 0.717) is 11.4 Å². The fourth-order valence-corrected chi connectivity index (χ4v) is 2.58. The first kappa shape index (κ1) is 12.8. The third kappa shape index (κ3) is 2.31. The normalized spacial score (nSPS) is 20.4. The highest BCUT2D eigenvalue weighted by Crippen LogP contribution is 2.28. The first-order valence-electron chi connectivity index (χ1n) is 5.39. The van der Waals surface area contributed by atoms with Gasteiger partial charge in [-0.25, -0.2) is 0 Å². The number of carbonyl (C=O) groups excluding carboxylic acids is 1. The predicted octanol–water partition coefficient (Wildman–Crippen LogP) is 0.982. The Balaban J connectivity index is 2.30. The molecular formula is C11H13FN2O3S. The zero-order valence-corrected chi connectivity index (χ0v) is 10.6. The maximum absolute atomic E-state index is 12.9. The molecule has 1 unspecified atom stereocenters. The smallest absolute Gasteiger partial charge is 0.307 e. The molecule has 0 aliphatic carbocycles. The van der Waals surface area contributed by atoms with Crippen molar-refractivity contribution in [3.05, 3.63) is 23.8 Å². The Hall–Kier alpha value is -1.63. The van der Waals surface area contributed by atoms with Crippen LogP contribution >= 0.6 is 0 Å². The van der Waals surface area contributed by atoms with E-state index in [-0.39, 0.29) is 13.0 Å². The van der Waals surface area contributed by atoms with Crippen LogP contribution in [-0.2, 0) is 15.0 Å². The lowest BCUT2D eigenvalue weighted by atomic mass is 10.2. The van der Waals surface area contributed by atoms with E-state index in [1.165, 1.54) is 4.90 Å². The minimum atomic E-state index is -4.69. The van der Waals surface area contributed by atoms with E-state index in [0.717, 1.165) is 5.56 Å². The molecule has 98 valence electrons. The molecule has 0 radical (unpaired) electrons. The molecule has 2 N–H and O–H groups in total. The van der Waals surface area contributed by atoms with E-state index in [4.69, 9.17) is 5.73 Å². The predicted molar refractivity (Wildman–Crippen MR) is 66.4 cm³/mol. The highest BCUT2D eigenvalue weighted by molar-refractivity contribution is 7.87. The highest BCUT2D eigenvalue weighted by Gasteiger charge is 2.39. The summed E-state index contributed by atoms with van der Waals surface area (Å²) in [6.45, 7) is 1.65. The molecule has 1 fully saturated rings. The molecule has 1 amide bonds. The van der Waals surface area contributed by atoms with Crippen molar-refractivity contribution < 1.29 is 17.1 Å². The number of anilines is 2. The summed E-state index contributed by atoms with van der Waals surface area (Å²) in [5.74, 6) is -0.413. The summed E-state index contributed by atoms with van der Waals surface area (Å²) >= 11 is 0. The molecule has 1 aliphatic rings. The van der Waals surface area contributed by atoms with Gasteiger partial charge in [-0.15, -0.1) is 3.89 Å². The van der Waals surface area contributed by atoms with Crippen molar-refractivity contribution >= 4 is 27.5 Å². The molecule has 1 heterocycles. The SMILES string of the molecule is Cc1ccc(N2CC(S(=O)(=O)F)CC2=O)cc1N. The molecule has 1 aromatic rings. The summed E-state index contributed by atoms with van der Waals surface area (Å²) < 4.78 is 34.5. The summed E-state index contributed by atoms with van der Waals surface area (Å²) in [5.41, 5.74) is 7.59. The van der Waals surface area contributed by atoms with Crippen molar-refractivity contribution in [2.24, 2.45) is 0 Å². The third-order valence-corrected chi connectivity index (χ3v) is 4.17. The second-order valence-corrected chi connectivity index (χ2v) is 5.96. The molecule has 1 aliphatic heterocycles. The summed E-state index contributed by atoms with van der Waals surface area (Å²) in [6, 6.07) is 4.98. The summed E-state index contributed by atoms with van der Waals surface area (Å²) in [4.78, 5) is 12.9. The van der Waals surface area contributed by atoms with Gasteiger partial charge in [-0.3, -0.25) is 4.79 Å². The lowest BCUT2D eigenvalue weighted by Gasteiger charge is -2.17. The average Bonchev–Trinajstić information content (AvgIpc) is 2.64. The maximum Gasteiger partial charge on any atom is 0.307 e. The van der Waals surface area contributed by atoms with E-state index in [1.54, 1.807) is 18.2 Å². The zero-order valence-electron chi connectivity index (χ0n) is 9.76. The van der Waals surface area contributed by atoms with Gasteiger partial charge in [-0.1, -0.05) is 6.07 Å². The number of carbonyl (C=O) groups is 1. The Morgan fingerprint density at radius 1 is 1.44 bits per heavy atom. The van der Waals surface area contributed by atoms with Crippen LogP contribution in [0.2, 0.25) is 0 Å². The molecule has 0 aromatic heterocycles. The molecule has 0 saturated carbocycles. The lowest BCUT2D eigenvalue weighted by Crippen LogP contribution is -2.27. The van der Waals surface area contributed by atoms with Crippen LogP contribution in [0, 0.1) is 6.92 Å². The summed E-state index contributed by atoms with van der Waals surface area (Å²) in [5, 5.41) is -1.28. The van der Waals surface area contributed by atoms with Gasteiger partial charge in [-0.05, 0) is 24.6 Å². The molecule has 5 nitrogen and oxygen atoms in total. The van der Waals surface area contributed by atoms with Gasteiger partial charge in [0.15, 0.2) is 0 Å². The number of nitrogens with zero attached hydrogens (tertiary/aromatic N) is 1. The summed E-state index contributed by atoms with van der Waals surface area (Å²) in [7, 11) is -4.69. The Labute approximate surface area is 105 Å². The van der Waals surface area contributed by atoms with Crippen molar-refractivity contribution in [1.82, 2.24) is 0 Å². The van der Waals surface area contributed by atoms with Crippen molar-refractivity contribution in [2.75, 3.05) is 17.2 Å². The largest absolute Gasteiger partial charge is 0.398 e. The number of aryl methyl sites for hydroxylation is 1. The van der Waals surface area contributed by atoms with Gasteiger partial charge < -0.3 is 10.6 Å². The van der Waals surface area contributed by atoms with Gasteiger partial charge in [0.25, 0.3) is 0 Å². The van der Waals surface area contributed by atoms with Crippen LogP contribution in [0.1, 0.15) is 12.0 Å². The Morgan fingerprint density at radius 2 is 2.11 bits per heavy atom. The van der Waals surface area contributed by atoms with Gasteiger partial charge in [0.1, 0.15) is 5.25 Å². The standard InChI is InChI=1S/C11H13FN2O3S/c1-7-2-3-8(4-10(7)13)14-6-9(5-11(14)15)18(12,16)17/h2-4,9H,5-6,13H2,1H3. The summed E-state index contributed by atoms with van der Waals surface area (Å²) in [6.07, 6.45) is -0.327. The lowest BCUT2D eigenvalue weighted by molar-refractivity contribution is -0.117. The molecule has 0 spiro atoms. The number of hydrogen-bond donors (Lipinski definition) is 1. The topological polar surface area (TPSA) is 80.5 Å². The van der Waals surface area contributed by atoms with Crippen LogP contribution in [-0.4, -0.2) is 26.1 Å². The van der Waals surface area contributed by atoms with Crippen LogP contribution < -0.4 is 10.6 Å². The second kappa shape index (κ2) is 4.24. The molecule has 1 aromatic carbocycles. The van der Waals surface area contributed by atoms with Crippen molar-refractivity contribution in [2.45, 2.75) is 18.6 Å². The van der Waals surface area contributed by atoms with E-state index in [1.807, 2.05) is 6.92 Å². The molecule has 1 atom stereocenters. The number of nitrogen functional groups attached to an aromatic ring is 1.